The standard InChI is InChI=1S/C22H22N2O4S/c1-27-13-7-8-15(18(11-13)28-2)19-12-17(23-9-10-29-19)20-21(25)14-5-3-4-6-16(14)24-22(20)26/h3-8,11,19H,9-10,12H2,1-2H3,(H2,24,25,26). The molecule has 1 unspecified atom stereocenters. The number of nitrogens with zero attached hydrogens (tertiary/aromatic N) is 1. The van der Waals surface area contributed by atoms with Gasteiger partial charge in [-0.25, -0.2) is 0 Å². The van der Waals surface area contributed by atoms with Crippen LogP contribution in [0.5, 0.6) is 17.2 Å². The van der Waals surface area contributed by atoms with Gasteiger partial charge in [0.25, 0.3) is 5.56 Å². The summed E-state index contributed by atoms with van der Waals surface area (Å²) in [6.45, 7) is 0.584. The second-order valence-electron chi connectivity index (χ2n) is 6.72. The summed E-state index contributed by atoms with van der Waals surface area (Å²) in [7, 11) is 3.25. The lowest BCUT2D eigenvalue weighted by atomic mass is 9.99. The summed E-state index contributed by atoms with van der Waals surface area (Å²) in [6, 6.07) is 13.0. The number of methoxy groups -OCH3 is 2. The Bertz CT molecular complexity index is 1140. The molecule has 0 aliphatic carbocycles. The molecular formula is C22H22N2O4S. The molecule has 4 rings (SSSR count). The first-order chi connectivity index (χ1) is 14.1. The van der Waals surface area contributed by atoms with Crippen molar-refractivity contribution in [2.24, 2.45) is 4.99 Å². The maximum Gasteiger partial charge on any atom is 0.261 e. The fourth-order valence-corrected chi connectivity index (χ4v) is 4.76. The number of aromatic nitrogens is 1. The van der Waals surface area contributed by atoms with E-state index in [2.05, 4.69) is 9.98 Å². The monoisotopic (exact) mass is 410 g/mol. The Hall–Kier alpha value is -2.93. The number of aromatic amines is 1. The summed E-state index contributed by atoms with van der Waals surface area (Å²) in [6.07, 6.45) is 0.516. The van der Waals surface area contributed by atoms with E-state index in [4.69, 9.17) is 9.47 Å². The van der Waals surface area contributed by atoms with Crippen LogP contribution in [0.15, 0.2) is 52.3 Å². The van der Waals surface area contributed by atoms with Gasteiger partial charge >= 0.3 is 0 Å². The number of benzene rings is 2. The Labute approximate surface area is 172 Å². The average Bonchev–Trinajstić information content (AvgIpc) is 2.99. The number of fused-ring (bicyclic) bond motifs is 1. The van der Waals surface area contributed by atoms with Gasteiger partial charge in [-0.2, -0.15) is 11.8 Å². The Morgan fingerprint density at radius 2 is 2.00 bits per heavy atom. The predicted molar refractivity (Wildman–Crippen MR) is 117 cm³/mol. The van der Waals surface area contributed by atoms with Crippen molar-refractivity contribution in [2.75, 3.05) is 26.5 Å². The van der Waals surface area contributed by atoms with E-state index in [0.29, 0.717) is 29.6 Å². The molecule has 0 saturated carbocycles. The number of aliphatic imine (C=N–C) groups is 1. The van der Waals surface area contributed by atoms with Gasteiger partial charge in [0.2, 0.25) is 0 Å². The highest BCUT2D eigenvalue weighted by atomic mass is 32.2. The van der Waals surface area contributed by atoms with E-state index in [0.717, 1.165) is 22.8 Å². The van der Waals surface area contributed by atoms with Crippen LogP contribution in [0.4, 0.5) is 0 Å². The van der Waals surface area contributed by atoms with E-state index in [1.807, 2.05) is 30.3 Å². The Balaban J connectivity index is 1.76. The topological polar surface area (TPSA) is 83.9 Å². The van der Waals surface area contributed by atoms with Crippen LogP contribution in [0, 0.1) is 0 Å². The van der Waals surface area contributed by atoms with Crippen molar-refractivity contribution < 1.29 is 14.6 Å². The summed E-state index contributed by atoms with van der Waals surface area (Å²) in [5.41, 5.74) is 2.17. The number of nitrogens with one attached hydrogen (secondary N) is 1. The van der Waals surface area contributed by atoms with Crippen LogP contribution in [0.25, 0.3) is 10.9 Å². The van der Waals surface area contributed by atoms with Crippen LogP contribution in [0.1, 0.15) is 22.8 Å². The van der Waals surface area contributed by atoms with Crippen molar-refractivity contribution in [2.45, 2.75) is 11.7 Å². The van der Waals surface area contributed by atoms with Crippen molar-refractivity contribution in [3.8, 4) is 17.2 Å². The van der Waals surface area contributed by atoms with Gasteiger partial charge in [0.05, 0.1) is 25.4 Å². The number of ether oxygens (including phenoxy) is 2. The van der Waals surface area contributed by atoms with Crippen LogP contribution in [0.2, 0.25) is 0 Å². The minimum atomic E-state index is -0.327. The maximum atomic E-state index is 12.8. The predicted octanol–water partition coefficient (Wildman–Crippen LogP) is 3.92. The third kappa shape index (κ3) is 3.70. The largest absolute Gasteiger partial charge is 0.506 e. The zero-order valence-corrected chi connectivity index (χ0v) is 17.1. The SMILES string of the molecule is COc1ccc(C2CC(c3c(O)c4ccccc4[nH]c3=O)=NCCS2)c(OC)c1. The smallest absolute Gasteiger partial charge is 0.261 e. The summed E-state index contributed by atoms with van der Waals surface area (Å²) < 4.78 is 10.9. The second-order valence-corrected chi connectivity index (χ2v) is 8.03. The molecule has 3 aromatic rings. The number of rotatable bonds is 4. The molecule has 2 heterocycles. The van der Waals surface area contributed by atoms with Gasteiger partial charge in [0, 0.05) is 41.0 Å². The van der Waals surface area contributed by atoms with Gasteiger partial charge in [-0.15, -0.1) is 0 Å². The molecule has 150 valence electrons. The van der Waals surface area contributed by atoms with Crippen molar-refractivity contribution in [3.63, 3.8) is 0 Å². The highest BCUT2D eigenvalue weighted by molar-refractivity contribution is 7.99. The van der Waals surface area contributed by atoms with E-state index in [-0.39, 0.29) is 22.1 Å². The lowest BCUT2D eigenvalue weighted by molar-refractivity contribution is 0.391. The number of para-hydroxylation sites is 1. The molecule has 1 atom stereocenters. The van der Waals surface area contributed by atoms with Gasteiger partial charge in [-0.3, -0.25) is 9.79 Å². The average molecular weight is 410 g/mol. The van der Waals surface area contributed by atoms with Crippen molar-refractivity contribution >= 4 is 28.4 Å². The molecule has 0 amide bonds. The van der Waals surface area contributed by atoms with E-state index in [1.54, 1.807) is 38.1 Å². The van der Waals surface area contributed by atoms with Crippen LogP contribution in [-0.2, 0) is 0 Å². The van der Waals surface area contributed by atoms with Crippen molar-refractivity contribution in [1.29, 1.82) is 0 Å². The third-order valence-corrected chi connectivity index (χ3v) is 6.30. The molecule has 7 heteroatoms. The fourth-order valence-electron chi connectivity index (χ4n) is 3.63. The molecule has 0 fully saturated rings. The van der Waals surface area contributed by atoms with Crippen LogP contribution in [0.3, 0.4) is 0 Å². The number of thioether (sulfide) groups is 1. The zero-order chi connectivity index (χ0) is 20.4. The summed E-state index contributed by atoms with van der Waals surface area (Å²) in [5, 5.41) is 11.5. The van der Waals surface area contributed by atoms with E-state index < -0.39 is 0 Å². The van der Waals surface area contributed by atoms with Gasteiger partial charge in [0.1, 0.15) is 22.8 Å². The quantitative estimate of drug-likeness (QED) is 0.681. The molecule has 1 aliphatic rings. The Morgan fingerprint density at radius 1 is 1.17 bits per heavy atom. The second kappa shape index (κ2) is 8.21. The molecule has 2 aromatic carbocycles. The molecular weight excluding hydrogens is 388 g/mol. The number of hydrogen-bond donors (Lipinski definition) is 2. The first kappa shape index (κ1) is 19.4. The van der Waals surface area contributed by atoms with E-state index >= 15 is 0 Å². The van der Waals surface area contributed by atoms with Gasteiger partial charge in [-0.1, -0.05) is 18.2 Å². The molecule has 0 saturated heterocycles. The number of hydrogen-bond acceptors (Lipinski definition) is 6. The highest BCUT2D eigenvalue weighted by Gasteiger charge is 2.26. The van der Waals surface area contributed by atoms with Crippen molar-refractivity contribution in [3.05, 3.63) is 63.9 Å². The highest BCUT2D eigenvalue weighted by Crippen LogP contribution is 2.41. The zero-order valence-electron chi connectivity index (χ0n) is 16.3. The molecule has 0 spiro atoms. The van der Waals surface area contributed by atoms with Gasteiger partial charge < -0.3 is 19.6 Å². The number of pyridine rings is 1. The summed E-state index contributed by atoms with van der Waals surface area (Å²) >= 11 is 1.76. The molecule has 2 N–H and O–H groups in total. The lowest BCUT2D eigenvalue weighted by Gasteiger charge is -2.19. The van der Waals surface area contributed by atoms with Crippen LogP contribution >= 0.6 is 11.8 Å². The fraction of sp³-hybridized carbons (Fsp3) is 0.273. The van der Waals surface area contributed by atoms with E-state index in [1.165, 1.54) is 0 Å². The molecule has 0 bridgehead atoms. The van der Waals surface area contributed by atoms with Gasteiger partial charge in [-0.05, 0) is 18.2 Å². The number of H-pyrrole nitrogens is 1. The van der Waals surface area contributed by atoms with Gasteiger partial charge in [0.15, 0.2) is 0 Å². The number of aromatic hydroxyl groups is 1. The minimum Gasteiger partial charge on any atom is -0.506 e. The van der Waals surface area contributed by atoms with Crippen LogP contribution in [-0.4, -0.2) is 42.3 Å². The molecule has 6 nitrogen and oxygen atoms in total. The lowest BCUT2D eigenvalue weighted by Crippen LogP contribution is -2.20. The van der Waals surface area contributed by atoms with E-state index in [9.17, 15) is 9.90 Å². The first-order valence-electron chi connectivity index (χ1n) is 9.33. The van der Waals surface area contributed by atoms with Crippen molar-refractivity contribution in [1.82, 2.24) is 4.98 Å². The first-order valence-corrected chi connectivity index (χ1v) is 10.4. The molecule has 1 aliphatic heterocycles. The summed E-state index contributed by atoms with van der Waals surface area (Å²) in [4.78, 5) is 20.3. The minimum absolute atomic E-state index is 0.0181. The summed E-state index contributed by atoms with van der Waals surface area (Å²) in [5.74, 6) is 2.26. The maximum absolute atomic E-state index is 12.8. The normalized spacial score (nSPS) is 16.9. The Kier molecular flexibility index (Phi) is 5.49. The van der Waals surface area contributed by atoms with Crippen LogP contribution < -0.4 is 15.0 Å². The molecule has 1 aromatic heterocycles. The third-order valence-electron chi connectivity index (χ3n) is 5.06. The Morgan fingerprint density at radius 3 is 2.79 bits per heavy atom. The molecule has 29 heavy (non-hydrogen) atoms. The molecule has 0 radical (unpaired) electrons.